The predicted molar refractivity (Wildman–Crippen MR) is 74.7 cm³/mol. The molecule has 21 heavy (non-hydrogen) atoms. The number of benzene rings is 1. The summed E-state index contributed by atoms with van der Waals surface area (Å²) in [6, 6.07) is 6.70. The van der Waals surface area contributed by atoms with Gasteiger partial charge in [-0.05, 0) is 31.2 Å². The summed E-state index contributed by atoms with van der Waals surface area (Å²) in [4.78, 5) is 0. The lowest BCUT2D eigenvalue weighted by molar-refractivity contribution is -0.280. The van der Waals surface area contributed by atoms with E-state index in [-0.39, 0.29) is 13.2 Å². The zero-order valence-electron chi connectivity index (χ0n) is 11.8. The highest BCUT2D eigenvalue weighted by Crippen LogP contribution is 2.26. The molecule has 1 heterocycles. The number of hydrogen-bond acceptors (Lipinski definition) is 7. The van der Waals surface area contributed by atoms with Gasteiger partial charge in [-0.3, -0.25) is 0 Å². The molecule has 1 fully saturated rings. The highest BCUT2D eigenvalue weighted by atomic mass is 16.7. The third kappa shape index (κ3) is 3.84. The van der Waals surface area contributed by atoms with Crippen LogP contribution in [0.3, 0.4) is 0 Å². The van der Waals surface area contributed by atoms with Crippen molar-refractivity contribution < 1.29 is 29.5 Å². The molecule has 1 aliphatic heterocycles. The molecule has 0 spiro atoms. The van der Waals surface area contributed by atoms with Crippen LogP contribution in [0, 0.1) is 0 Å². The Balaban J connectivity index is 2.10. The number of aliphatic hydroxyl groups is 3. The second kappa shape index (κ2) is 7.06. The minimum Gasteiger partial charge on any atom is -0.462 e. The van der Waals surface area contributed by atoms with Gasteiger partial charge in [0.15, 0.2) is 0 Å². The molecule has 1 aromatic carbocycles. The Hall–Kier alpha value is -1.38. The number of rotatable bonds is 5. The minimum absolute atomic E-state index is 0.00772. The highest BCUT2D eigenvalue weighted by Gasteiger charge is 2.44. The fraction of sp³-hybridized carbons (Fsp3) is 0.571. The monoisotopic (exact) mass is 299 g/mol. The number of ether oxygens (including phenoxy) is 3. The lowest BCUT2D eigenvalue weighted by Gasteiger charge is -2.41. The molecule has 0 bridgehead atoms. The van der Waals surface area contributed by atoms with E-state index in [2.05, 4.69) is 0 Å². The molecule has 7 nitrogen and oxygen atoms in total. The molecule has 0 radical (unpaired) electrons. The molecule has 7 heteroatoms. The Morgan fingerprint density at radius 3 is 2.48 bits per heavy atom. The van der Waals surface area contributed by atoms with Crippen molar-refractivity contribution in [2.45, 2.75) is 37.6 Å². The SMILES string of the molecule is CC1OC(Oc2ccc(N)cc2)C(OCCO)C(O)C1O. The zero-order chi connectivity index (χ0) is 15.4. The summed E-state index contributed by atoms with van der Waals surface area (Å²) in [5, 5.41) is 28.8. The van der Waals surface area contributed by atoms with Gasteiger partial charge in [-0.1, -0.05) is 0 Å². The molecule has 5 unspecified atom stereocenters. The van der Waals surface area contributed by atoms with Crippen LogP contribution in [0.2, 0.25) is 0 Å². The van der Waals surface area contributed by atoms with Crippen LogP contribution in [-0.4, -0.2) is 59.2 Å². The molecule has 0 amide bonds. The average Bonchev–Trinajstić information content (AvgIpc) is 2.47. The minimum atomic E-state index is -1.17. The molecule has 118 valence electrons. The molecule has 5 atom stereocenters. The van der Waals surface area contributed by atoms with E-state index in [0.29, 0.717) is 11.4 Å². The van der Waals surface area contributed by atoms with Gasteiger partial charge in [0, 0.05) is 5.69 Å². The summed E-state index contributed by atoms with van der Waals surface area (Å²) in [7, 11) is 0. The van der Waals surface area contributed by atoms with Gasteiger partial charge in [-0.25, -0.2) is 0 Å². The molecule has 1 aromatic rings. The van der Waals surface area contributed by atoms with Gasteiger partial charge in [0.1, 0.15) is 24.1 Å². The second-order valence-corrected chi connectivity index (χ2v) is 4.94. The van der Waals surface area contributed by atoms with E-state index < -0.39 is 30.7 Å². The van der Waals surface area contributed by atoms with Gasteiger partial charge in [0.2, 0.25) is 6.29 Å². The predicted octanol–water partition coefficient (Wildman–Crippen LogP) is -0.508. The maximum Gasteiger partial charge on any atom is 0.229 e. The fourth-order valence-electron chi connectivity index (χ4n) is 2.14. The van der Waals surface area contributed by atoms with Gasteiger partial charge < -0.3 is 35.3 Å². The summed E-state index contributed by atoms with van der Waals surface area (Å²) < 4.78 is 16.5. The van der Waals surface area contributed by atoms with Crippen molar-refractivity contribution in [2.75, 3.05) is 18.9 Å². The molecular weight excluding hydrogens is 278 g/mol. The van der Waals surface area contributed by atoms with Gasteiger partial charge >= 0.3 is 0 Å². The van der Waals surface area contributed by atoms with E-state index in [1.54, 1.807) is 31.2 Å². The van der Waals surface area contributed by atoms with E-state index >= 15 is 0 Å². The van der Waals surface area contributed by atoms with Crippen molar-refractivity contribution in [3.8, 4) is 5.75 Å². The molecule has 0 aliphatic carbocycles. The van der Waals surface area contributed by atoms with E-state index in [4.69, 9.17) is 25.1 Å². The standard InChI is InChI=1S/C14H21NO6/c1-8-11(17)12(18)13(19-7-6-16)14(20-8)21-10-4-2-9(15)3-5-10/h2-5,8,11-14,16-18H,6-7,15H2,1H3. The fourth-order valence-corrected chi connectivity index (χ4v) is 2.14. The maximum atomic E-state index is 10.1. The topological polar surface area (TPSA) is 114 Å². The van der Waals surface area contributed by atoms with Gasteiger partial charge in [0.25, 0.3) is 0 Å². The van der Waals surface area contributed by atoms with Crippen LogP contribution in [0.4, 0.5) is 5.69 Å². The van der Waals surface area contributed by atoms with Crippen LogP contribution >= 0.6 is 0 Å². The summed E-state index contributed by atoms with van der Waals surface area (Å²) in [5.41, 5.74) is 6.20. The molecule has 1 saturated heterocycles. The lowest BCUT2D eigenvalue weighted by atomic mass is 10.00. The Bertz CT molecular complexity index is 440. The van der Waals surface area contributed by atoms with Crippen molar-refractivity contribution in [3.05, 3.63) is 24.3 Å². The largest absolute Gasteiger partial charge is 0.462 e. The molecule has 2 rings (SSSR count). The van der Waals surface area contributed by atoms with Crippen LogP contribution in [-0.2, 0) is 9.47 Å². The maximum absolute atomic E-state index is 10.1. The van der Waals surface area contributed by atoms with Crippen LogP contribution in [0.1, 0.15) is 6.92 Å². The van der Waals surface area contributed by atoms with Crippen molar-refractivity contribution in [3.63, 3.8) is 0 Å². The van der Waals surface area contributed by atoms with Crippen LogP contribution in [0.5, 0.6) is 5.75 Å². The number of nitrogens with two attached hydrogens (primary N) is 1. The van der Waals surface area contributed by atoms with E-state index in [1.807, 2.05) is 0 Å². The van der Waals surface area contributed by atoms with Gasteiger partial charge in [0.05, 0.1) is 19.3 Å². The summed E-state index contributed by atoms with van der Waals surface area (Å²) in [6.07, 6.45) is -4.65. The third-order valence-electron chi connectivity index (χ3n) is 3.32. The van der Waals surface area contributed by atoms with Crippen LogP contribution in [0.25, 0.3) is 0 Å². The molecule has 0 saturated carbocycles. The lowest BCUT2D eigenvalue weighted by Crippen LogP contribution is -2.59. The van der Waals surface area contributed by atoms with Gasteiger partial charge in [-0.15, -0.1) is 0 Å². The first-order chi connectivity index (χ1) is 10.0. The highest BCUT2D eigenvalue weighted by molar-refractivity contribution is 5.41. The molecule has 0 aromatic heterocycles. The third-order valence-corrected chi connectivity index (χ3v) is 3.32. The smallest absolute Gasteiger partial charge is 0.229 e. The van der Waals surface area contributed by atoms with Crippen LogP contribution in [0.15, 0.2) is 24.3 Å². The van der Waals surface area contributed by atoms with Crippen LogP contribution < -0.4 is 10.5 Å². The number of nitrogen functional groups attached to an aromatic ring is 1. The first kappa shape index (κ1) is 16.0. The zero-order valence-corrected chi connectivity index (χ0v) is 11.8. The van der Waals surface area contributed by atoms with Crippen molar-refractivity contribution in [2.24, 2.45) is 0 Å². The molecule has 1 aliphatic rings. The first-order valence-electron chi connectivity index (χ1n) is 6.79. The Kier molecular flexibility index (Phi) is 5.38. The first-order valence-corrected chi connectivity index (χ1v) is 6.79. The molecule has 5 N–H and O–H groups in total. The Morgan fingerprint density at radius 2 is 1.86 bits per heavy atom. The summed E-state index contributed by atoms with van der Waals surface area (Å²) in [5.74, 6) is 0.502. The summed E-state index contributed by atoms with van der Waals surface area (Å²) in [6.45, 7) is 1.44. The van der Waals surface area contributed by atoms with E-state index in [1.165, 1.54) is 0 Å². The van der Waals surface area contributed by atoms with E-state index in [0.717, 1.165) is 0 Å². The normalized spacial score (nSPS) is 32.9. The summed E-state index contributed by atoms with van der Waals surface area (Å²) >= 11 is 0. The number of anilines is 1. The molecular formula is C14H21NO6. The van der Waals surface area contributed by atoms with Crippen molar-refractivity contribution in [1.82, 2.24) is 0 Å². The quantitative estimate of drug-likeness (QED) is 0.541. The second-order valence-electron chi connectivity index (χ2n) is 4.94. The van der Waals surface area contributed by atoms with Crippen molar-refractivity contribution in [1.29, 1.82) is 0 Å². The number of aliphatic hydroxyl groups excluding tert-OH is 3. The Labute approximate surface area is 122 Å². The number of hydrogen-bond donors (Lipinski definition) is 4. The van der Waals surface area contributed by atoms with Crippen molar-refractivity contribution >= 4 is 5.69 Å². The van der Waals surface area contributed by atoms with E-state index in [9.17, 15) is 10.2 Å². The Morgan fingerprint density at radius 1 is 1.19 bits per heavy atom. The van der Waals surface area contributed by atoms with Gasteiger partial charge in [-0.2, -0.15) is 0 Å². The average molecular weight is 299 g/mol.